The second-order valence-electron chi connectivity index (χ2n) is 7.83. The van der Waals surface area contributed by atoms with E-state index in [1.54, 1.807) is 29.2 Å². The zero-order valence-corrected chi connectivity index (χ0v) is 18.8. The third-order valence-corrected chi connectivity index (χ3v) is 9.28. The van der Waals surface area contributed by atoms with Crippen molar-refractivity contribution in [2.45, 2.75) is 23.1 Å². The summed E-state index contributed by atoms with van der Waals surface area (Å²) in [5.74, 6) is 0.0677. The molecule has 0 spiro atoms. The van der Waals surface area contributed by atoms with Crippen molar-refractivity contribution >= 4 is 50.5 Å². The van der Waals surface area contributed by atoms with Gasteiger partial charge in [0.25, 0.3) is 15.9 Å². The van der Waals surface area contributed by atoms with Crippen molar-refractivity contribution in [1.82, 2.24) is 9.21 Å². The summed E-state index contributed by atoms with van der Waals surface area (Å²) in [4.78, 5) is 27.1. The summed E-state index contributed by atoms with van der Waals surface area (Å²) in [5.41, 5.74) is 0.845. The van der Waals surface area contributed by atoms with Crippen molar-refractivity contribution in [3.8, 4) is 5.75 Å². The Kier molecular flexibility index (Phi) is 5.20. The number of hydrogen-bond donors (Lipinski definition) is 1. The number of halogens is 1. The van der Waals surface area contributed by atoms with Crippen LogP contribution in [0.4, 0.5) is 5.69 Å². The number of ether oxygens (including phenoxy) is 1. The summed E-state index contributed by atoms with van der Waals surface area (Å²) in [7, 11) is -3.70. The number of rotatable bonds is 4. The Balaban J connectivity index is 1.39. The van der Waals surface area contributed by atoms with Gasteiger partial charge in [0.2, 0.25) is 5.91 Å². The molecule has 5 rings (SSSR count). The maximum absolute atomic E-state index is 13.2. The van der Waals surface area contributed by atoms with Gasteiger partial charge in [-0.05, 0) is 37.1 Å². The fourth-order valence-electron chi connectivity index (χ4n) is 3.89. The molecule has 1 aromatic heterocycles. The van der Waals surface area contributed by atoms with Crippen LogP contribution in [-0.4, -0.2) is 61.7 Å². The monoisotopic (exact) mass is 481 g/mol. The molecule has 2 aliphatic heterocycles. The van der Waals surface area contributed by atoms with Gasteiger partial charge in [0, 0.05) is 25.6 Å². The summed E-state index contributed by atoms with van der Waals surface area (Å²) in [6.07, 6.45) is 1.74. The van der Waals surface area contributed by atoms with Gasteiger partial charge in [0.05, 0.1) is 21.6 Å². The number of carbonyl (C=O) groups excluding carboxylic acids is 2. The second kappa shape index (κ2) is 7.77. The van der Waals surface area contributed by atoms with Gasteiger partial charge in [-0.1, -0.05) is 17.7 Å². The molecule has 164 valence electrons. The molecule has 1 atom stereocenters. The molecule has 8 nitrogen and oxygen atoms in total. The summed E-state index contributed by atoms with van der Waals surface area (Å²) in [6.45, 7) is 0.699. The van der Waals surface area contributed by atoms with E-state index >= 15 is 0 Å². The van der Waals surface area contributed by atoms with Crippen LogP contribution < -0.4 is 10.1 Å². The van der Waals surface area contributed by atoms with E-state index in [1.165, 1.54) is 10.4 Å². The third-order valence-electron chi connectivity index (χ3n) is 5.72. The van der Waals surface area contributed by atoms with Crippen molar-refractivity contribution < 1.29 is 22.7 Å². The topological polar surface area (TPSA) is 96.0 Å². The van der Waals surface area contributed by atoms with Crippen LogP contribution in [0.2, 0.25) is 4.34 Å². The van der Waals surface area contributed by atoms with Crippen LogP contribution in [0.5, 0.6) is 5.75 Å². The van der Waals surface area contributed by atoms with E-state index in [0.29, 0.717) is 21.3 Å². The average molecular weight is 482 g/mol. The van der Waals surface area contributed by atoms with E-state index < -0.39 is 16.1 Å². The van der Waals surface area contributed by atoms with Crippen LogP contribution in [0.15, 0.2) is 34.5 Å². The molecule has 31 heavy (non-hydrogen) atoms. The molecule has 1 N–H and O–H groups in total. The number of anilines is 1. The lowest BCUT2D eigenvalue weighted by atomic mass is 10.1. The Morgan fingerprint density at radius 2 is 2.00 bits per heavy atom. The van der Waals surface area contributed by atoms with Crippen molar-refractivity contribution in [2.75, 3.05) is 31.6 Å². The van der Waals surface area contributed by atoms with Gasteiger partial charge < -0.3 is 15.0 Å². The number of para-hydroxylation sites is 1. The van der Waals surface area contributed by atoms with Crippen LogP contribution in [0, 0.1) is 5.92 Å². The number of carbonyl (C=O) groups is 2. The first-order valence-electron chi connectivity index (χ1n) is 9.98. The van der Waals surface area contributed by atoms with Gasteiger partial charge >= 0.3 is 0 Å². The van der Waals surface area contributed by atoms with E-state index in [4.69, 9.17) is 16.3 Å². The molecule has 1 saturated heterocycles. The van der Waals surface area contributed by atoms with E-state index in [0.717, 1.165) is 24.2 Å². The summed E-state index contributed by atoms with van der Waals surface area (Å²) >= 11 is 6.93. The van der Waals surface area contributed by atoms with Crippen LogP contribution >= 0.6 is 22.9 Å². The largest absolute Gasteiger partial charge is 0.488 e. The highest BCUT2D eigenvalue weighted by Crippen LogP contribution is 2.37. The van der Waals surface area contributed by atoms with Gasteiger partial charge in [-0.25, -0.2) is 8.42 Å². The van der Waals surface area contributed by atoms with E-state index in [1.807, 2.05) is 0 Å². The quantitative estimate of drug-likeness (QED) is 0.724. The molecule has 0 radical (unpaired) electrons. The molecule has 11 heteroatoms. The molecule has 1 saturated carbocycles. The normalized spacial score (nSPS) is 21.6. The molecule has 0 bridgehead atoms. The zero-order chi connectivity index (χ0) is 21.8. The number of nitrogens with zero attached hydrogens (tertiary/aromatic N) is 2. The van der Waals surface area contributed by atoms with Crippen molar-refractivity contribution in [3.05, 3.63) is 40.2 Å². The molecule has 3 heterocycles. The first kappa shape index (κ1) is 20.7. The van der Waals surface area contributed by atoms with Gasteiger partial charge in [-0.15, -0.1) is 11.3 Å². The summed E-state index contributed by atoms with van der Waals surface area (Å²) in [6, 6.07) is 7.71. The summed E-state index contributed by atoms with van der Waals surface area (Å²) < 4.78 is 33.9. The number of thiophene rings is 1. The Morgan fingerprint density at radius 1 is 1.19 bits per heavy atom. The standard InChI is InChI=1S/C20H20ClN3O5S2/c21-16-6-7-17(30-16)31(27,28)23-8-9-24-13(10-23)11-29-18-14(20(24)26)2-1-3-15(18)22-19(25)12-4-5-12/h1-3,6-7,12-13H,4-5,8-11H2,(H,22,25). The van der Waals surface area contributed by atoms with Gasteiger partial charge in [-0.2, -0.15) is 4.31 Å². The molecular formula is C20H20ClN3O5S2. The maximum atomic E-state index is 13.2. The fourth-order valence-corrected chi connectivity index (χ4v) is 7.00. The molecule has 2 amide bonds. The number of nitrogens with one attached hydrogen (secondary N) is 1. The minimum absolute atomic E-state index is 0.0215. The van der Waals surface area contributed by atoms with E-state index in [9.17, 15) is 18.0 Å². The lowest BCUT2D eigenvalue weighted by molar-refractivity contribution is -0.117. The SMILES string of the molecule is O=C(Nc1cccc2c1OCC1CN(S(=O)(=O)c3ccc(Cl)s3)CCN1C2=O)C1CC1. The Morgan fingerprint density at radius 3 is 2.71 bits per heavy atom. The highest BCUT2D eigenvalue weighted by atomic mass is 35.5. The molecule has 1 unspecified atom stereocenters. The molecule has 3 aliphatic rings. The highest BCUT2D eigenvalue weighted by molar-refractivity contribution is 7.91. The third kappa shape index (κ3) is 3.82. The zero-order valence-electron chi connectivity index (χ0n) is 16.4. The van der Waals surface area contributed by atoms with Gasteiger partial charge in [-0.3, -0.25) is 9.59 Å². The number of benzene rings is 1. The van der Waals surface area contributed by atoms with Crippen molar-refractivity contribution in [1.29, 1.82) is 0 Å². The van der Waals surface area contributed by atoms with Crippen LogP contribution in [-0.2, 0) is 14.8 Å². The van der Waals surface area contributed by atoms with Crippen LogP contribution in [0.25, 0.3) is 0 Å². The average Bonchev–Trinajstić information content (AvgIpc) is 3.53. The molecule has 1 aromatic carbocycles. The Bertz CT molecular complexity index is 1160. The Hall–Kier alpha value is -2.14. The fraction of sp³-hybridized carbons (Fsp3) is 0.400. The second-order valence-corrected chi connectivity index (χ2v) is 11.7. The van der Waals surface area contributed by atoms with Gasteiger partial charge in [0.15, 0.2) is 5.75 Å². The number of hydrogen-bond acceptors (Lipinski definition) is 6. The van der Waals surface area contributed by atoms with Gasteiger partial charge in [0.1, 0.15) is 10.8 Å². The van der Waals surface area contributed by atoms with Crippen molar-refractivity contribution in [3.63, 3.8) is 0 Å². The predicted octanol–water partition coefficient (Wildman–Crippen LogP) is 2.66. The Labute approximate surface area is 188 Å². The molecule has 2 fully saturated rings. The number of piperazine rings is 1. The molecular weight excluding hydrogens is 462 g/mol. The van der Waals surface area contributed by atoms with Crippen LogP contribution in [0.3, 0.4) is 0 Å². The number of sulfonamides is 1. The first-order valence-corrected chi connectivity index (χ1v) is 12.6. The molecule has 1 aliphatic carbocycles. The lowest BCUT2D eigenvalue weighted by Gasteiger charge is -2.38. The lowest BCUT2D eigenvalue weighted by Crippen LogP contribution is -2.57. The molecule has 2 aromatic rings. The number of fused-ring (bicyclic) bond motifs is 2. The minimum atomic E-state index is -3.70. The summed E-state index contributed by atoms with van der Waals surface area (Å²) in [5, 5.41) is 2.87. The van der Waals surface area contributed by atoms with Crippen LogP contribution in [0.1, 0.15) is 23.2 Å². The van der Waals surface area contributed by atoms with E-state index in [2.05, 4.69) is 5.32 Å². The minimum Gasteiger partial charge on any atom is -0.488 e. The predicted molar refractivity (Wildman–Crippen MR) is 116 cm³/mol. The highest BCUT2D eigenvalue weighted by Gasteiger charge is 2.40. The smallest absolute Gasteiger partial charge is 0.258 e. The van der Waals surface area contributed by atoms with E-state index in [-0.39, 0.29) is 48.2 Å². The first-order chi connectivity index (χ1) is 14.8. The van der Waals surface area contributed by atoms with Crippen molar-refractivity contribution in [2.24, 2.45) is 5.92 Å². The maximum Gasteiger partial charge on any atom is 0.258 e. The number of amides is 2.